The molecule has 0 unspecified atom stereocenters. The average Bonchev–Trinajstić information content (AvgIpc) is 3.00. The van der Waals surface area contributed by atoms with E-state index in [4.69, 9.17) is 11.6 Å². The number of amides is 2. The highest BCUT2D eigenvalue weighted by atomic mass is 35.5. The number of imide groups is 1. The van der Waals surface area contributed by atoms with Gasteiger partial charge in [-0.25, -0.2) is 0 Å². The lowest BCUT2D eigenvalue weighted by atomic mass is 10.0. The van der Waals surface area contributed by atoms with Crippen molar-refractivity contribution in [2.75, 3.05) is 32.7 Å². The highest BCUT2D eigenvalue weighted by Crippen LogP contribution is 2.33. The van der Waals surface area contributed by atoms with E-state index in [0.29, 0.717) is 16.3 Å². The first-order valence-corrected chi connectivity index (χ1v) is 10.7. The lowest BCUT2D eigenvalue weighted by molar-refractivity contribution is -0.138. The number of hydrogen-bond acceptors (Lipinski definition) is 4. The van der Waals surface area contributed by atoms with Gasteiger partial charge in [0.15, 0.2) is 0 Å². The number of piperazine rings is 1. The molecule has 0 spiro atoms. The summed E-state index contributed by atoms with van der Waals surface area (Å²) in [7, 11) is 0. The van der Waals surface area contributed by atoms with Crippen molar-refractivity contribution >= 4 is 29.0 Å². The molecule has 2 aliphatic heterocycles. The predicted octanol–water partition coefficient (Wildman–Crippen LogP) is 3.57. The molecule has 2 aromatic rings. The molecule has 6 heteroatoms. The van der Waals surface area contributed by atoms with Crippen LogP contribution in [0.2, 0.25) is 5.02 Å². The molecule has 0 aromatic heterocycles. The summed E-state index contributed by atoms with van der Waals surface area (Å²) in [6, 6.07) is 15.1. The molecule has 0 aliphatic carbocycles. The van der Waals surface area contributed by atoms with Gasteiger partial charge in [-0.3, -0.25) is 14.5 Å². The molecular formula is C24H26ClN3O2. The number of carbonyl (C=O) groups excluding carboxylic acids is 2. The Bertz CT molecular complexity index is 975. The summed E-state index contributed by atoms with van der Waals surface area (Å²) < 4.78 is 0. The quantitative estimate of drug-likeness (QED) is 0.690. The van der Waals surface area contributed by atoms with Gasteiger partial charge < -0.3 is 9.80 Å². The SMILES string of the molecule is CCN1CCN(C2=C(c3ccc(C)cc3)C(=O)N(Cc3ccc(Cl)cc3)C2=O)CC1. The Morgan fingerprint density at radius 2 is 1.50 bits per heavy atom. The van der Waals surface area contributed by atoms with Crippen molar-refractivity contribution in [3.05, 3.63) is 75.9 Å². The van der Waals surface area contributed by atoms with Gasteiger partial charge in [0, 0.05) is 31.2 Å². The molecule has 2 amide bonds. The largest absolute Gasteiger partial charge is 0.364 e. The van der Waals surface area contributed by atoms with Gasteiger partial charge in [0.05, 0.1) is 12.1 Å². The van der Waals surface area contributed by atoms with Crippen LogP contribution in [0.1, 0.15) is 23.6 Å². The zero-order valence-electron chi connectivity index (χ0n) is 17.4. The Hall–Kier alpha value is -2.63. The van der Waals surface area contributed by atoms with Crippen LogP contribution in [0.5, 0.6) is 0 Å². The van der Waals surface area contributed by atoms with Crippen molar-refractivity contribution in [2.45, 2.75) is 20.4 Å². The number of benzene rings is 2. The summed E-state index contributed by atoms with van der Waals surface area (Å²) in [6.45, 7) is 8.65. The van der Waals surface area contributed by atoms with Gasteiger partial charge in [-0.1, -0.05) is 60.5 Å². The molecule has 156 valence electrons. The lowest BCUT2D eigenvalue weighted by Gasteiger charge is -2.36. The molecule has 0 atom stereocenters. The highest BCUT2D eigenvalue weighted by molar-refractivity contribution is 6.35. The van der Waals surface area contributed by atoms with Gasteiger partial charge in [-0.2, -0.15) is 0 Å². The van der Waals surface area contributed by atoms with E-state index in [-0.39, 0.29) is 18.4 Å². The summed E-state index contributed by atoms with van der Waals surface area (Å²) in [5.74, 6) is -0.442. The minimum absolute atomic E-state index is 0.213. The minimum atomic E-state index is -0.230. The molecule has 4 rings (SSSR count). The molecule has 2 heterocycles. The maximum atomic E-state index is 13.5. The van der Waals surface area contributed by atoms with Gasteiger partial charge in [0.25, 0.3) is 11.8 Å². The van der Waals surface area contributed by atoms with E-state index in [1.807, 2.05) is 43.3 Å². The molecule has 1 fully saturated rings. The van der Waals surface area contributed by atoms with Gasteiger partial charge >= 0.3 is 0 Å². The van der Waals surface area contributed by atoms with Gasteiger partial charge in [0.2, 0.25) is 0 Å². The first-order chi connectivity index (χ1) is 14.5. The number of rotatable bonds is 5. The predicted molar refractivity (Wildman–Crippen MR) is 119 cm³/mol. The third-order valence-corrected chi connectivity index (χ3v) is 6.13. The van der Waals surface area contributed by atoms with Crippen LogP contribution < -0.4 is 0 Å². The van der Waals surface area contributed by atoms with E-state index in [2.05, 4.69) is 16.7 Å². The van der Waals surface area contributed by atoms with Gasteiger partial charge in [-0.15, -0.1) is 0 Å². The van der Waals surface area contributed by atoms with E-state index >= 15 is 0 Å². The van der Waals surface area contributed by atoms with E-state index in [9.17, 15) is 9.59 Å². The normalized spacial score (nSPS) is 18.0. The Labute approximate surface area is 182 Å². The Kier molecular flexibility index (Phi) is 5.93. The van der Waals surface area contributed by atoms with Crippen molar-refractivity contribution in [1.82, 2.24) is 14.7 Å². The summed E-state index contributed by atoms with van der Waals surface area (Å²) in [5.41, 5.74) is 3.84. The minimum Gasteiger partial charge on any atom is -0.364 e. The molecule has 0 N–H and O–H groups in total. The second-order valence-electron chi connectivity index (χ2n) is 7.83. The Morgan fingerprint density at radius 3 is 2.10 bits per heavy atom. The monoisotopic (exact) mass is 423 g/mol. The zero-order chi connectivity index (χ0) is 21.3. The average molecular weight is 424 g/mol. The summed E-state index contributed by atoms with van der Waals surface area (Å²) in [4.78, 5) is 32.7. The van der Waals surface area contributed by atoms with E-state index < -0.39 is 0 Å². The fourth-order valence-corrected chi connectivity index (χ4v) is 4.17. The number of hydrogen-bond donors (Lipinski definition) is 0. The standard InChI is InChI=1S/C24H26ClN3O2/c1-3-26-12-14-27(15-13-26)22-21(19-8-4-17(2)5-9-19)23(29)28(24(22)30)16-18-6-10-20(25)11-7-18/h4-11H,3,12-16H2,1-2H3. The maximum absolute atomic E-state index is 13.5. The second-order valence-corrected chi connectivity index (χ2v) is 8.27. The number of nitrogens with zero attached hydrogens (tertiary/aromatic N) is 3. The molecule has 0 radical (unpaired) electrons. The smallest absolute Gasteiger partial charge is 0.278 e. The fraction of sp³-hybridized carbons (Fsp3) is 0.333. The maximum Gasteiger partial charge on any atom is 0.278 e. The Morgan fingerprint density at radius 1 is 0.867 bits per heavy atom. The van der Waals surface area contributed by atoms with Crippen LogP contribution in [0.3, 0.4) is 0 Å². The third-order valence-electron chi connectivity index (χ3n) is 5.87. The summed E-state index contributed by atoms with van der Waals surface area (Å²) in [5, 5.41) is 0.630. The Balaban J connectivity index is 1.69. The zero-order valence-corrected chi connectivity index (χ0v) is 18.2. The van der Waals surface area contributed by atoms with Crippen LogP contribution in [-0.2, 0) is 16.1 Å². The van der Waals surface area contributed by atoms with Gasteiger partial charge in [-0.05, 0) is 36.7 Å². The summed E-state index contributed by atoms with van der Waals surface area (Å²) >= 11 is 5.98. The third kappa shape index (κ3) is 4.00. The van der Waals surface area contributed by atoms with Crippen molar-refractivity contribution in [2.24, 2.45) is 0 Å². The number of halogens is 1. The van der Waals surface area contributed by atoms with Crippen molar-refractivity contribution < 1.29 is 9.59 Å². The van der Waals surface area contributed by atoms with E-state index in [1.165, 1.54) is 4.90 Å². The molecular weight excluding hydrogens is 398 g/mol. The molecule has 5 nitrogen and oxygen atoms in total. The van der Waals surface area contributed by atoms with Crippen LogP contribution >= 0.6 is 11.6 Å². The van der Waals surface area contributed by atoms with Gasteiger partial charge in [0.1, 0.15) is 5.70 Å². The first kappa shape index (κ1) is 20.6. The first-order valence-electron chi connectivity index (χ1n) is 10.4. The van der Waals surface area contributed by atoms with Crippen LogP contribution in [-0.4, -0.2) is 59.2 Å². The molecule has 1 saturated heterocycles. The number of carbonyl (C=O) groups is 2. The van der Waals surface area contributed by atoms with E-state index in [0.717, 1.165) is 49.4 Å². The lowest BCUT2D eigenvalue weighted by Crippen LogP contribution is -2.47. The molecule has 2 aromatic carbocycles. The van der Waals surface area contributed by atoms with Crippen molar-refractivity contribution in [3.63, 3.8) is 0 Å². The summed E-state index contributed by atoms with van der Waals surface area (Å²) in [6.07, 6.45) is 0. The van der Waals surface area contributed by atoms with Crippen LogP contribution in [0, 0.1) is 6.92 Å². The molecule has 0 bridgehead atoms. The topological polar surface area (TPSA) is 43.9 Å². The van der Waals surface area contributed by atoms with Crippen LogP contribution in [0.4, 0.5) is 0 Å². The van der Waals surface area contributed by atoms with Crippen LogP contribution in [0.25, 0.3) is 5.57 Å². The molecule has 0 saturated carbocycles. The van der Waals surface area contributed by atoms with E-state index in [1.54, 1.807) is 12.1 Å². The molecule has 30 heavy (non-hydrogen) atoms. The second kappa shape index (κ2) is 8.62. The number of likely N-dealkylation sites (N-methyl/N-ethyl adjacent to an activating group) is 1. The highest BCUT2D eigenvalue weighted by Gasteiger charge is 2.42. The molecule has 2 aliphatic rings. The van der Waals surface area contributed by atoms with Crippen molar-refractivity contribution in [3.8, 4) is 0 Å². The number of aryl methyl sites for hydroxylation is 1. The fourth-order valence-electron chi connectivity index (χ4n) is 4.04. The van der Waals surface area contributed by atoms with Crippen molar-refractivity contribution in [1.29, 1.82) is 0 Å². The van der Waals surface area contributed by atoms with Crippen LogP contribution in [0.15, 0.2) is 54.2 Å².